The van der Waals surface area contributed by atoms with Gasteiger partial charge in [-0.2, -0.15) is 5.10 Å². The predicted molar refractivity (Wildman–Crippen MR) is 64.1 cm³/mol. The fraction of sp³-hybridized carbons (Fsp3) is 0.0909. The molecule has 0 bridgehead atoms. The highest BCUT2D eigenvalue weighted by Crippen LogP contribution is 2.31. The molecule has 1 aromatic heterocycles. The van der Waals surface area contributed by atoms with Crippen molar-refractivity contribution in [1.82, 2.24) is 9.78 Å². The molecule has 0 unspecified atom stereocenters. The molecule has 2 aromatic rings. The van der Waals surface area contributed by atoms with E-state index in [-0.39, 0.29) is 0 Å². The second kappa shape index (κ2) is 4.28. The van der Waals surface area contributed by atoms with Crippen LogP contribution in [-0.4, -0.2) is 16.1 Å². The summed E-state index contributed by atoms with van der Waals surface area (Å²) in [5.41, 5.74) is 1.94. The number of carbonyl (C=O) groups excluding carboxylic acids is 1. The summed E-state index contributed by atoms with van der Waals surface area (Å²) in [6.07, 6.45) is 2.26. The predicted octanol–water partition coefficient (Wildman–Crippen LogP) is 3.21. The monoisotopic (exact) mass is 254 g/mol. The topological polar surface area (TPSA) is 34.9 Å². The van der Waals surface area contributed by atoms with Crippen LogP contribution in [0.3, 0.4) is 0 Å². The molecule has 16 heavy (non-hydrogen) atoms. The molecule has 2 rings (SSSR count). The van der Waals surface area contributed by atoms with Crippen LogP contribution in [0.5, 0.6) is 0 Å². The van der Waals surface area contributed by atoms with Crippen LogP contribution in [0.25, 0.3) is 11.3 Å². The number of hydrogen-bond acceptors (Lipinski definition) is 2. The van der Waals surface area contributed by atoms with Crippen LogP contribution >= 0.6 is 23.2 Å². The Hall–Kier alpha value is -1.32. The normalized spacial score (nSPS) is 10.4. The zero-order valence-electron chi connectivity index (χ0n) is 8.45. The van der Waals surface area contributed by atoms with E-state index in [0.29, 0.717) is 21.3 Å². The van der Waals surface area contributed by atoms with E-state index in [1.54, 1.807) is 29.9 Å². The minimum absolute atomic E-state index is 0.499. The number of aldehydes is 1. The van der Waals surface area contributed by atoms with Gasteiger partial charge in [-0.1, -0.05) is 23.2 Å². The number of hydrogen-bond donors (Lipinski definition) is 0. The Kier molecular flexibility index (Phi) is 2.99. The van der Waals surface area contributed by atoms with E-state index in [4.69, 9.17) is 23.2 Å². The van der Waals surface area contributed by atoms with Crippen molar-refractivity contribution in [2.24, 2.45) is 7.05 Å². The first kappa shape index (κ1) is 11.2. The molecule has 0 spiro atoms. The van der Waals surface area contributed by atoms with E-state index >= 15 is 0 Å². The summed E-state index contributed by atoms with van der Waals surface area (Å²) in [5, 5.41) is 5.08. The summed E-state index contributed by atoms with van der Waals surface area (Å²) in [5.74, 6) is 0. The lowest BCUT2D eigenvalue weighted by molar-refractivity contribution is 0.112. The molecule has 0 radical (unpaired) electrons. The van der Waals surface area contributed by atoms with Gasteiger partial charge in [0.15, 0.2) is 6.29 Å². The smallest absolute Gasteiger partial charge is 0.153 e. The van der Waals surface area contributed by atoms with Gasteiger partial charge in [0.1, 0.15) is 0 Å². The van der Waals surface area contributed by atoms with Crippen LogP contribution in [0.1, 0.15) is 10.4 Å². The van der Waals surface area contributed by atoms with Gasteiger partial charge >= 0.3 is 0 Å². The van der Waals surface area contributed by atoms with Crippen molar-refractivity contribution in [3.8, 4) is 11.3 Å². The Balaban J connectivity index is 2.66. The lowest BCUT2D eigenvalue weighted by Crippen LogP contribution is -1.95. The minimum Gasteiger partial charge on any atom is -0.298 e. The molecule has 0 atom stereocenters. The maximum Gasteiger partial charge on any atom is 0.153 e. The summed E-state index contributed by atoms with van der Waals surface area (Å²) in [6, 6.07) is 5.14. The molecule has 0 aliphatic carbocycles. The lowest BCUT2D eigenvalue weighted by Gasteiger charge is -2.06. The van der Waals surface area contributed by atoms with Gasteiger partial charge in [0.2, 0.25) is 0 Å². The lowest BCUT2D eigenvalue weighted by atomic mass is 10.1. The Morgan fingerprint density at radius 1 is 1.38 bits per heavy atom. The molecule has 0 fully saturated rings. The number of carbonyl (C=O) groups is 1. The number of rotatable bonds is 2. The summed E-state index contributed by atoms with van der Waals surface area (Å²) in [7, 11) is 1.76. The van der Waals surface area contributed by atoms with E-state index in [1.807, 2.05) is 0 Å². The molecular formula is C11H8Cl2N2O. The Bertz CT molecular complexity index is 549. The largest absolute Gasteiger partial charge is 0.298 e. The number of nitrogens with zero attached hydrogens (tertiary/aromatic N) is 2. The molecule has 0 aliphatic rings. The van der Waals surface area contributed by atoms with Crippen molar-refractivity contribution in [2.75, 3.05) is 0 Å². The standard InChI is InChI=1S/C11H8Cl2N2O/c1-15-11(7(6-16)5-14-15)9-3-2-8(12)4-10(9)13/h2-6H,1H3. The van der Waals surface area contributed by atoms with Gasteiger partial charge in [-0.15, -0.1) is 0 Å². The molecule has 5 heteroatoms. The highest BCUT2D eigenvalue weighted by atomic mass is 35.5. The zero-order valence-corrected chi connectivity index (χ0v) is 9.96. The summed E-state index contributed by atoms with van der Waals surface area (Å²) in [4.78, 5) is 10.9. The third kappa shape index (κ3) is 1.84. The second-order valence-corrected chi connectivity index (χ2v) is 4.16. The Morgan fingerprint density at radius 3 is 2.75 bits per heavy atom. The van der Waals surface area contributed by atoms with Gasteiger partial charge in [0.25, 0.3) is 0 Å². The second-order valence-electron chi connectivity index (χ2n) is 3.31. The van der Waals surface area contributed by atoms with Crippen molar-refractivity contribution < 1.29 is 4.79 Å². The van der Waals surface area contributed by atoms with E-state index in [2.05, 4.69) is 5.10 Å². The highest BCUT2D eigenvalue weighted by molar-refractivity contribution is 6.36. The summed E-state index contributed by atoms with van der Waals surface area (Å²) >= 11 is 11.9. The first-order valence-corrected chi connectivity index (χ1v) is 5.31. The van der Waals surface area contributed by atoms with E-state index in [1.165, 1.54) is 6.20 Å². The molecule has 0 saturated carbocycles. The molecule has 1 aromatic carbocycles. The molecule has 0 N–H and O–H groups in total. The molecule has 0 saturated heterocycles. The van der Waals surface area contributed by atoms with Gasteiger partial charge in [0.05, 0.1) is 22.5 Å². The SMILES string of the molecule is Cn1ncc(C=O)c1-c1ccc(Cl)cc1Cl. The third-order valence-corrected chi connectivity index (χ3v) is 2.83. The Labute approximate surface area is 103 Å². The number of benzene rings is 1. The maximum absolute atomic E-state index is 10.9. The van der Waals surface area contributed by atoms with Crippen LogP contribution in [0, 0.1) is 0 Å². The van der Waals surface area contributed by atoms with Crippen LogP contribution in [0.15, 0.2) is 24.4 Å². The molecule has 0 aliphatic heterocycles. The average molecular weight is 255 g/mol. The van der Waals surface area contributed by atoms with Crippen LogP contribution in [0.2, 0.25) is 10.0 Å². The quantitative estimate of drug-likeness (QED) is 0.772. The van der Waals surface area contributed by atoms with Gasteiger partial charge in [-0.3, -0.25) is 9.48 Å². The zero-order chi connectivity index (χ0) is 11.7. The van der Waals surface area contributed by atoms with E-state index in [9.17, 15) is 4.79 Å². The van der Waals surface area contributed by atoms with E-state index in [0.717, 1.165) is 11.8 Å². The van der Waals surface area contributed by atoms with Crippen LogP contribution in [-0.2, 0) is 7.05 Å². The van der Waals surface area contributed by atoms with Crippen molar-refractivity contribution in [3.05, 3.63) is 40.0 Å². The molecule has 0 amide bonds. The fourth-order valence-electron chi connectivity index (χ4n) is 1.55. The molecule has 1 heterocycles. The van der Waals surface area contributed by atoms with Gasteiger partial charge in [-0.05, 0) is 18.2 Å². The third-order valence-electron chi connectivity index (χ3n) is 2.28. The average Bonchev–Trinajstić information content (AvgIpc) is 2.60. The first-order chi connectivity index (χ1) is 7.63. The summed E-state index contributed by atoms with van der Waals surface area (Å²) in [6.45, 7) is 0. The number of aryl methyl sites for hydroxylation is 1. The molecular weight excluding hydrogens is 247 g/mol. The summed E-state index contributed by atoms with van der Waals surface area (Å²) < 4.78 is 1.61. The molecule has 82 valence electrons. The fourth-order valence-corrected chi connectivity index (χ4v) is 2.05. The van der Waals surface area contributed by atoms with Crippen molar-refractivity contribution in [3.63, 3.8) is 0 Å². The van der Waals surface area contributed by atoms with Crippen molar-refractivity contribution in [2.45, 2.75) is 0 Å². The first-order valence-electron chi connectivity index (χ1n) is 4.56. The van der Waals surface area contributed by atoms with Gasteiger partial charge in [-0.25, -0.2) is 0 Å². The minimum atomic E-state index is 0.499. The van der Waals surface area contributed by atoms with Crippen LogP contribution in [0.4, 0.5) is 0 Å². The molecule has 3 nitrogen and oxygen atoms in total. The number of aromatic nitrogens is 2. The maximum atomic E-state index is 10.9. The highest BCUT2D eigenvalue weighted by Gasteiger charge is 2.13. The van der Waals surface area contributed by atoms with Gasteiger partial charge < -0.3 is 0 Å². The van der Waals surface area contributed by atoms with Crippen LogP contribution < -0.4 is 0 Å². The van der Waals surface area contributed by atoms with Crippen molar-refractivity contribution >= 4 is 29.5 Å². The van der Waals surface area contributed by atoms with Crippen molar-refractivity contribution in [1.29, 1.82) is 0 Å². The number of halogens is 2. The Morgan fingerprint density at radius 2 is 2.12 bits per heavy atom. The van der Waals surface area contributed by atoms with Gasteiger partial charge in [0, 0.05) is 17.6 Å². The van der Waals surface area contributed by atoms with E-state index < -0.39 is 0 Å².